The topological polar surface area (TPSA) is 91.3 Å². The highest BCUT2D eigenvalue weighted by molar-refractivity contribution is 6.01. The molecule has 0 aliphatic carbocycles. The molecule has 0 aromatic heterocycles. The SMILES string of the molecule is CC(=O)Oc1c2c(c(OC(C)=O)c3cc(O)ccc13)OCO2. The summed E-state index contributed by atoms with van der Waals surface area (Å²) >= 11 is 0. The Morgan fingerprint density at radius 1 is 1.00 bits per heavy atom. The van der Waals surface area contributed by atoms with Crippen molar-refractivity contribution < 1.29 is 33.6 Å². The first-order chi connectivity index (χ1) is 10.5. The zero-order valence-corrected chi connectivity index (χ0v) is 11.8. The minimum absolute atomic E-state index is 0.0338. The Bertz CT molecular complexity index is 794. The highest BCUT2D eigenvalue weighted by atomic mass is 16.7. The first-order valence-corrected chi connectivity index (χ1v) is 6.42. The third-order valence-corrected chi connectivity index (χ3v) is 3.01. The van der Waals surface area contributed by atoms with Gasteiger partial charge in [-0.15, -0.1) is 0 Å². The number of phenols is 1. The Labute approximate surface area is 125 Å². The molecule has 2 aromatic carbocycles. The fourth-order valence-electron chi connectivity index (χ4n) is 2.27. The van der Waals surface area contributed by atoms with E-state index < -0.39 is 11.9 Å². The van der Waals surface area contributed by atoms with Crippen molar-refractivity contribution in [3.63, 3.8) is 0 Å². The Morgan fingerprint density at radius 2 is 1.55 bits per heavy atom. The molecule has 7 heteroatoms. The zero-order valence-electron chi connectivity index (χ0n) is 11.8. The highest BCUT2D eigenvalue weighted by Gasteiger charge is 2.30. The number of esters is 2. The van der Waals surface area contributed by atoms with E-state index in [1.54, 1.807) is 0 Å². The molecular weight excluding hydrogens is 292 g/mol. The molecule has 0 fully saturated rings. The Kier molecular flexibility index (Phi) is 3.25. The molecule has 0 spiro atoms. The van der Waals surface area contributed by atoms with Crippen molar-refractivity contribution in [2.24, 2.45) is 0 Å². The van der Waals surface area contributed by atoms with Gasteiger partial charge in [0.1, 0.15) is 5.75 Å². The maximum atomic E-state index is 11.3. The third kappa shape index (κ3) is 2.26. The quantitative estimate of drug-likeness (QED) is 0.671. The molecule has 1 aliphatic heterocycles. The summed E-state index contributed by atoms with van der Waals surface area (Å²) in [6.45, 7) is 2.41. The maximum absolute atomic E-state index is 11.3. The van der Waals surface area contributed by atoms with E-state index in [2.05, 4.69) is 0 Å². The second kappa shape index (κ2) is 5.10. The average Bonchev–Trinajstić information content (AvgIpc) is 2.90. The second-order valence-corrected chi connectivity index (χ2v) is 4.64. The van der Waals surface area contributed by atoms with E-state index in [0.29, 0.717) is 10.8 Å². The molecule has 7 nitrogen and oxygen atoms in total. The maximum Gasteiger partial charge on any atom is 0.308 e. The molecule has 0 atom stereocenters. The van der Waals surface area contributed by atoms with Crippen LogP contribution in [0.15, 0.2) is 18.2 Å². The first-order valence-electron chi connectivity index (χ1n) is 6.42. The Hall–Kier alpha value is -2.96. The lowest BCUT2D eigenvalue weighted by atomic mass is 10.1. The Balaban J connectivity index is 2.36. The first kappa shape index (κ1) is 14.0. The zero-order chi connectivity index (χ0) is 15.9. The number of fused-ring (bicyclic) bond motifs is 2. The summed E-state index contributed by atoms with van der Waals surface area (Å²) in [5, 5.41) is 10.5. The van der Waals surface area contributed by atoms with Crippen LogP contribution in [-0.4, -0.2) is 23.8 Å². The van der Waals surface area contributed by atoms with Crippen LogP contribution >= 0.6 is 0 Å². The third-order valence-electron chi connectivity index (χ3n) is 3.01. The molecule has 1 heterocycles. The van der Waals surface area contributed by atoms with E-state index >= 15 is 0 Å². The summed E-state index contributed by atoms with van der Waals surface area (Å²) in [5.74, 6) is -0.509. The van der Waals surface area contributed by atoms with E-state index in [9.17, 15) is 14.7 Å². The summed E-state index contributed by atoms with van der Waals surface area (Å²) in [7, 11) is 0. The normalized spacial score (nSPS) is 12.3. The van der Waals surface area contributed by atoms with Gasteiger partial charge in [0.05, 0.1) is 0 Å². The number of aromatic hydroxyl groups is 1. The van der Waals surface area contributed by atoms with Gasteiger partial charge < -0.3 is 24.1 Å². The molecule has 1 aliphatic rings. The minimum Gasteiger partial charge on any atom is -0.508 e. The second-order valence-electron chi connectivity index (χ2n) is 4.64. The number of hydrogen-bond donors (Lipinski definition) is 1. The van der Waals surface area contributed by atoms with Crippen molar-refractivity contribution in [1.82, 2.24) is 0 Å². The van der Waals surface area contributed by atoms with Crippen molar-refractivity contribution >= 4 is 22.7 Å². The van der Waals surface area contributed by atoms with Gasteiger partial charge in [-0.25, -0.2) is 0 Å². The molecule has 0 unspecified atom stereocenters. The standard InChI is InChI=1S/C15H12O7/c1-7(16)21-12-10-4-3-9(18)5-11(10)13(22-8(2)17)15-14(12)19-6-20-15/h3-5,18H,6H2,1-2H3. The predicted molar refractivity (Wildman–Crippen MR) is 74.4 cm³/mol. The van der Waals surface area contributed by atoms with Crippen LogP contribution in [0.1, 0.15) is 13.8 Å². The fraction of sp³-hybridized carbons (Fsp3) is 0.200. The number of carbonyl (C=O) groups excluding carboxylic acids is 2. The molecule has 0 amide bonds. The molecule has 0 bridgehead atoms. The summed E-state index contributed by atoms with van der Waals surface area (Å²) in [5.41, 5.74) is 0. The van der Waals surface area contributed by atoms with Crippen molar-refractivity contribution in [3.8, 4) is 28.7 Å². The highest BCUT2D eigenvalue weighted by Crippen LogP contribution is 2.53. The average molecular weight is 304 g/mol. The van der Waals surface area contributed by atoms with Crippen molar-refractivity contribution in [1.29, 1.82) is 0 Å². The van der Waals surface area contributed by atoms with Gasteiger partial charge in [-0.1, -0.05) is 0 Å². The minimum atomic E-state index is -0.553. The summed E-state index contributed by atoms with van der Waals surface area (Å²) in [6.07, 6.45) is 0. The summed E-state index contributed by atoms with van der Waals surface area (Å²) < 4.78 is 21.1. The van der Waals surface area contributed by atoms with E-state index in [4.69, 9.17) is 18.9 Å². The summed E-state index contributed by atoms with van der Waals surface area (Å²) in [6, 6.07) is 4.36. The van der Waals surface area contributed by atoms with Crippen LogP contribution in [0.5, 0.6) is 28.7 Å². The summed E-state index contributed by atoms with van der Waals surface area (Å²) in [4.78, 5) is 22.7. The van der Waals surface area contributed by atoms with Gasteiger partial charge in [-0.3, -0.25) is 9.59 Å². The number of hydrogen-bond acceptors (Lipinski definition) is 7. The van der Waals surface area contributed by atoms with Gasteiger partial charge in [-0.05, 0) is 18.2 Å². The number of phenolic OH excluding ortho intramolecular Hbond substituents is 1. The Morgan fingerprint density at radius 3 is 2.09 bits per heavy atom. The van der Waals surface area contributed by atoms with Gasteiger partial charge in [0.2, 0.25) is 18.3 Å². The monoisotopic (exact) mass is 304 g/mol. The van der Waals surface area contributed by atoms with Crippen LogP contribution < -0.4 is 18.9 Å². The van der Waals surface area contributed by atoms with E-state index in [-0.39, 0.29) is 35.5 Å². The van der Waals surface area contributed by atoms with Gasteiger partial charge >= 0.3 is 11.9 Å². The molecule has 3 rings (SSSR count). The van der Waals surface area contributed by atoms with Crippen molar-refractivity contribution in [2.45, 2.75) is 13.8 Å². The lowest BCUT2D eigenvalue weighted by Crippen LogP contribution is -2.05. The molecule has 0 saturated heterocycles. The molecule has 2 aromatic rings. The van der Waals surface area contributed by atoms with Crippen LogP contribution in [-0.2, 0) is 9.59 Å². The van der Waals surface area contributed by atoms with Crippen molar-refractivity contribution in [3.05, 3.63) is 18.2 Å². The molecule has 1 N–H and O–H groups in total. The van der Waals surface area contributed by atoms with Crippen molar-refractivity contribution in [2.75, 3.05) is 6.79 Å². The number of ether oxygens (including phenoxy) is 4. The van der Waals surface area contributed by atoms with Crippen LogP contribution in [0, 0.1) is 0 Å². The smallest absolute Gasteiger partial charge is 0.308 e. The van der Waals surface area contributed by atoms with Gasteiger partial charge in [0.25, 0.3) is 0 Å². The van der Waals surface area contributed by atoms with Gasteiger partial charge in [-0.2, -0.15) is 0 Å². The molecular formula is C15H12O7. The van der Waals surface area contributed by atoms with Gasteiger partial charge in [0.15, 0.2) is 11.5 Å². The molecule has 114 valence electrons. The van der Waals surface area contributed by atoms with Crippen LogP contribution in [0.2, 0.25) is 0 Å². The number of carbonyl (C=O) groups is 2. The molecule has 0 saturated carbocycles. The largest absolute Gasteiger partial charge is 0.508 e. The molecule has 0 radical (unpaired) electrons. The predicted octanol–water partition coefficient (Wildman–Crippen LogP) is 2.12. The lowest BCUT2D eigenvalue weighted by molar-refractivity contribution is -0.133. The van der Waals surface area contributed by atoms with Crippen LogP contribution in [0.3, 0.4) is 0 Å². The lowest BCUT2D eigenvalue weighted by Gasteiger charge is -2.14. The van der Waals surface area contributed by atoms with E-state index in [1.807, 2.05) is 0 Å². The van der Waals surface area contributed by atoms with Gasteiger partial charge in [0, 0.05) is 24.6 Å². The molecule has 22 heavy (non-hydrogen) atoms. The number of benzene rings is 2. The van der Waals surface area contributed by atoms with Crippen LogP contribution in [0.25, 0.3) is 10.8 Å². The van der Waals surface area contributed by atoms with E-state index in [1.165, 1.54) is 32.0 Å². The fourth-order valence-corrected chi connectivity index (χ4v) is 2.27. The number of rotatable bonds is 2. The van der Waals surface area contributed by atoms with Crippen LogP contribution in [0.4, 0.5) is 0 Å². The van der Waals surface area contributed by atoms with E-state index in [0.717, 1.165) is 0 Å².